The molecule has 2 saturated heterocycles. The van der Waals surface area contributed by atoms with E-state index in [4.69, 9.17) is 17.0 Å². The summed E-state index contributed by atoms with van der Waals surface area (Å²) in [4.78, 5) is 33.8. The second-order valence-electron chi connectivity index (χ2n) is 10.6. The maximum absolute atomic E-state index is 13.6. The summed E-state index contributed by atoms with van der Waals surface area (Å²) in [6.07, 6.45) is 2.49. The highest BCUT2D eigenvalue weighted by atomic mass is 32.2. The number of benzene rings is 2. The highest BCUT2D eigenvalue weighted by molar-refractivity contribution is 8.26. The Morgan fingerprint density at radius 1 is 1.02 bits per heavy atom. The van der Waals surface area contributed by atoms with Gasteiger partial charge in [-0.05, 0) is 55.2 Å². The topological polar surface area (TPSA) is 81.8 Å². The van der Waals surface area contributed by atoms with E-state index in [9.17, 15) is 14.9 Å². The molecule has 1 aromatic heterocycles. The monoisotopic (exact) mass is 613 g/mol. The molecule has 0 atom stereocenters. The zero-order valence-corrected chi connectivity index (χ0v) is 26.3. The SMILES string of the molecule is CCn1c(N2CCN(Cc3ccccc3)CC2)c(/C=C2/SC(=S)N(CCc3ccc(OC)cc3)C2=O)c(C)c(C#N)c1=O. The lowest BCUT2D eigenvalue weighted by atomic mass is 10.0. The van der Waals surface area contributed by atoms with Crippen LogP contribution in [-0.2, 0) is 24.3 Å². The van der Waals surface area contributed by atoms with E-state index in [1.165, 1.54) is 17.3 Å². The van der Waals surface area contributed by atoms with Gasteiger partial charge in [0.1, 0.15) is 27.5 Å². The number of carbonyl (C=O) groups excluding carboxylic acids is 1. The zero-order chi connectivity index (χ0) is 30.5. The number of nitrogens with zero attached hydrogens (tertiary/aromatic N) is 5. The van der Waals surface area contributed by atoms with E-state index >= 15 is 0 Å². The fourth-order valence-electron chi connectivity index (χ4n) is 5.59. The fraction of sp³-hybridized carbons (Fsp3) is 0.333. The van der Waals surface area contributed by atoms with Crippen LogP contribution in [0.4, 0.5) is 5.82 Å². The Hall–Kier alpha value is -3.91. The molecule has 0 unspecified atom stereocenters. The van der Waals surface area contributed by atoms with Gasteiger partial charge in [0, 0.05) is 51.4 Å². The molecule has 5 rings (SSSR count). The van der Waals surface area contributed by atoms with Gasteiger partial charge in [-0.1, -0.05) is 66.4 Å². The van der Waals surface area contributed by atoms with Crippen molar-refractivity contribution in [3.63, 3.8) is 0 Å². The highest BCUT2D eigenvalue weighted by Crippen LogP contribution is 2.36. The third-order valence-corrected chi connectivity index (χ3v) is 9.39. The van der Waals surface area contributed by atoms with Crippen LogP contribution in [0.2, 0.25) is 0 Å². The summed E-state index contributed by atoms with van der Waals surface area (Å²) < 4.78 is 7.42. The van der Waals surface area contributed by atoms with Crippen LogP contribution < -0.4 is 15.2 Å². The van der Waals surface area contributed by atoms with Crippen molar-refractivity contribution in [1.29, 1.82) is 5.26 Å². The van der Waals surface area contributed by atoms with Gasteiger partial charge >= 0.3 is 0 Å². The van der Waals surface area contributed by atoms with Gasteiger partial charge in [0.05, 0.1) is 12.0 Å². The van der Waals surface area contributed by atoms with Crippen LogP contribution >= 0.6 is 24.0 Å². The number of carbonyl (C=O) groups is 1. The van der Waals surface area contributed by atoms with E-state index in [-0.39, 0.29) is 17.0 Å². The molecular formula is C33H35N5O3S2. The molecule has 2 aliphatic rings. The van der Waals surface area contributed by atoms with Gasteiger partial charge in [-0.15, -0.1) is 0 Å². The molecule has 2 fully saturated rings. The molecule has 8 nitrogen and oxygen atoms in total. The third kappa shape index (κ3) is 6.54. The van der Waals surface area contributed by atoms with E-state index in [1.54, 1.807) is 23.5 Å². The largest absolute Gasteiger partial charge is 0.497 e. The van der Waals surface area contributed by atoms with Gasteiger partial charge in [-0.3, -0.25) is 24.0 Å². The number of hydrogen-bond acceptors (Lipinski definition) is 8. The number of nitriles is 1. The molecule has 43 heavy (non-hydrogen) atoms. The molecule has 0 radical (unpaired) electrons. The number of pyridine rings is 1. The Morgan fingerprint density at radius 3 is 2.35 bits per heavy atom. The van der Waals surface area contributed by atoms with Gasteiger partial charge in [0.15, 0.2) is 0 Å². The number of aromatic nitrogens is 1. The van der Waals surface area contributed by atoms with E-state index in [1.807, 2.05) is 43.3 Å². The molecule has 0 saturated carbocycles. The van der Waals surface area contributed by atoms with Gasteiger partial charge in [-0.25, -0.2) is 0 Å². The zero-order valence-electron chi connectivity index (χ0n) is 24.7. The number of hydrogen-bond donors (Lipinski definition) is 0. The molecular weight excluding hydrogens is 579 g/mol. The number of ether oxygens (including phenoxy) is 1. The lowest BCUT2D eigenvalue weighted by Crippen LogP contribution is -2.48. The van der Waals surface area contributed by atoms with E-state index < -0.39 is 0 Å². The minimum absolute atomic E-state index is 0.106. The fourth-order valence-corrected chi connectivity index (χ4v) is 6.88. The molecule has 1 amide bonds. The molecule has 222 valence electrons. The Bertz CT molecular complexity index is 1640. The number of anilines is 1. The molecule has 3 heterocycles. The van der Waals surface area contributed by atoms with Crippen molar-refractivity contribution in [2.24, 2.45) is 0 Å². The Kier molecular flexibility index (Phi) is 9.65. The quantitative estimate of drug-likeness (QED) is 0.251. The highest BCUT2D eigenvalue weighted by Gasteiger charge is 2.33. The summed E-state index contributed by atoms with van der Waals surface area (Å²) in [7, 11) is 1.63. The summed E-state index contributed by atoms with van der Waals surface area (Å²) in [5.41, 5.74) is 3.47. The summed E-state index contributed by atoms with van der Waals surface area (Å²) >= 11 is 6.89. The van der Waals surface area contributed by atoms with Crippen molar-refractivity contribution in [3.8, 4) is 11.8 Å². The first-order chi connectivity index (χ1) is 20.8. The Morgan fingerprint density at radius 2 is 1.72 bits per heavy atom. The summed E-state index contributed by atoms with van der Waals surface area (Å²) in [5.74, 6) is 1.38. The van der Waals surface area contributed by atoms with Crippen LogP contribution in [0.25, 0.3) is 6.08 Å². The molecule has 10 heteroatoms. The minimum Gasteiger partial charge on any atom is -0.497 e. The van der Waals surface area contributed by atoms with Gasteiger partial charge < -0.3 is 9.64 Å². The first-order valence-electron chi connectivity index (χ1n) is 14.4. The number of rotatable bonds is 9. The summed E-state index contributed by atoms with van der Waals surface area (Å²) in [6.45, 7) is 8.56. The van der Waals surface area contributed by atoms with Crippen molar-refractivity contribution in [2.75, 3.05) is 44.7 Å². The number of piperazine rings is 1. The van der Waals surface area contributed by atoms with Crippen molar-refractivity contribution >= 4 is 46.1 Å². The molecule has 0 N–H and O–H groups in total. The standard InChI is InChI=1S/C33H35N5O3S2/c1-4-37-30(36-18-16-35(17-19-36)22-25-8-6-5-7-9-25)27(23(2)28(21-34)31(37)39)20-29-32(40)38(33(42)43-29)15-14-24-10-12-26(41-3)13-11-24/h5-13,20H,4,14-19,22H2,1-3H3/b29-20+. The van der Waals surface area contributed by atoms with Gasteiger partial charge in [-0.2, -0.15) is 5.26 Å². The lowest BCUT2D eigenvalue weighted by molar-refractivity contribution is -0.122. The first kappa shape index (κ1) is 30.5. The molecule has 0 bridgehead atoms. The number of thiocarbonyl (C=S) groups is 1. The number of amides is 1. The van der Waals surface area contributed by atoms with Crippen molar-refractivity contribution in [2.45, 2.75) is 33.4 Å². The van der Waals surface area contributed by atoms with Crippen LogP contribution in [0.15, 0.2) is 64.3 Å². The molecule has 0 spiro atoms. The van der Waals surface area contributed by atoms with Crippen molar-refractivity contribution in [3.05, 3.63) is 97.7 Å². The first-order valence-corrected chi connectivity index (χ1v) is 15.6. The van der Waals surface area contributed by atoms with Crippen LogP contribution in [0.5, 0.6) is 5.75 Å². The maximum Gasteiger partial charge on any atom is 0.270 e. The van der Waals surface area contributed by atoms with Crippen LogP contribution in [0, 0.1) is 18.3 Å². The Balaban J connectivity index is 1.42. The second kappa shape index (κ2) is 13.6. The second-order valence-corrected chi connectivity index (χ2v) is 12.3. The molecule has 3 aromatic rings. The van der Waals surface area contributed by atoms with E-state index in [2.05, 4.69) is 40.1 Å². The van der Waals surface area contributed by atoms with Crippen LogP contribution in [-0.4, -0.2) is 64.4 Å². The number of methoxy groups -OCH3 is 1. The number of thioether (sulfide) groups is 1. The van der Waals surface area contributed by atoms with Crippen LogP contribution in [0.1, 0.15) is 34.7 Å². The van der Waals surface area contributed by atoms with E-state index in [0.29, 0.717) is 34.3 Å². The summed E-state index contributed by atoms with van der Waals surface area (Å²) in [5, 5.41) is 9.91. The molecule has 0 aliphatic carbocycles. The predicted octanol–water partition coefficient (Wildman–Crippen LogP) is 4.82. The summed E-state index contributed by atoms with van der Waals surface area (Å²) in [6, 6.07) is 20.3. The van der Waals surface area contributed by atoms with Gasteiger partial charge in [0.25, 0.3) is 11.5 Å². The van der Waals surface area contributed by atoms with E-state index in [0.717, 1.165) is 55.4 Å². The molecule has 2 aromatic carbocycles. The molecule has 2 aliphatic heterocycles. The average molecular weight is 614 g/mol. The lowest BCUT2D eigenvalue weighted by Gasteiger charge is -2.38. The van der Waals surface area contributed by atoms with Gasteiger partial charge in [0.2, 0.25) is 0 Å². The third-order valence-electron chi connectivity index (χ3n) is 8.02. The minimum atomic E-state index is -0.298. The predicted molar refractivity (Wildman–Crippen MR) is 176 cm³/mol. The normalized spacial score (nSPS) is 16.7. The van der Waals surface area contributed by atoms with Crippen molar-refractivity contribution in [1.82, 2.24) is 14.4 Å². The van der Waals surface area contributed by atoms with Crippen molar-refractivity contribution < 1.29 is 9.53 Å². The van der Waals surface area contributed by atoms with Crippen LogP contribution in [0.3, 0.4) is 0 Å². The maximum atomic E-state index is 13.6. The Labute approximate surface area is 262 Å². The average Bonchev–Trinajstić information content (AvgIpc) is 3.29. The smallest absolute Gasteiger partial charge is 0.270 e.